The van der Waals surface area contributed by atoms with Crippen LogP contribution in [0.3, 0.4) is 0 Å². The third kappa shape index (κ3) is 3.89. The molecule has 5 heteroatoms. The minimum absolute atomic E-state index is 0.116. The number of para-hydroxylation sites is 1. The number of carbonyl (C=O) groups excluding carboxylic acids is 2. The lowest BCUT2D eigenvalue weighted by Crippen LogP contribution is -2.14. The Bertz CT molecular complexity index is 671. The molecule has 0 atom stereocenters. The van der Waals surface area contributed by atoms with Crippen molar-refractivity contribution < 1.29 is 14.0 Å². The number of carbonyl (C=O) groups is 2. The van der Waals surface area contributed by atoms with E-state index in [-0.39, 0.29) is 11.6 Å². The van der Waals surface area contributed by atoms with Crippen LogP contribution in [0.15, 0.2) is 48.5 Å². The molecule has 0 aliphatic heterocycles. The zero-order chi connectivity index (χ0) is 15.2. The highest BCUT2D eigenvalue weighted by atomic mass is 19.1. The zero-order valence-electron chi connectivity index (χ0n) is 11.5. The number of benzene rings is 2. The number of rotatable bonds is 4. The van der Waals surface area contributed by atoms with E-state index in [1.807, 2.05) is 0 Å². The summed E-state index contributed by atoms with van der Waals surface area (Å²) in [5.41, 5.74) is 0.987. The van der Waals surface area contributed by atoms with E-state index < -0.39 is 11.7 Å². The van der Waals surface area contributed by atoms with Crippen LogP contribution < -0.4 is 10.6 Å². The van der Waals surface area contributed by atoms with Gasteiger partial charge in [0, 0.05) is 17.7 Å². The normalized spacial score (nSPS) is 10.0. The second kappa shape index (κ2) is 6.65. The molecule has 2 rings (SSSR count). The first-order chi connectivity index (χ1) is 10.1. The molecule has 0 unspecified atom stereocenters. The van der Waals surface area contributed by atoms with Crippen LogP contribution in [0.1, 0.15) is 23.7 Å². The fraction of sp³-hybridized carbons (Fsp3) is 0.125. The molecule has 0 bridgehead atoms. The van der Waals surface area contributed by atoms with Gasteiger partial charge >= 0.3 is 0 Å². The van der Waals surface area contributed by atoms with Crippen LogP contribution >= 0.6 is 0 Å². The van der Waals surface area contributed by atoms with Crippen molar-refractivity contribution in [1.82, 2.24) is 0 Å². The van der Waals surface area contributed by atoms with Gasteiger partial charge in [0.25, 0.3) is 5.91 Å². The van der Waals surface area contributed by atoms with E-state index in [1.165, 1.54) is 12.1 Å². The van der Waals surface area contributed by atoms with Gasteiger partial charge in [0.05, 0.1) is 5.69 Å². The Morgan fingerprint density at radius 3 is 2.52 bits per heavy atom. The van der Waals surface area contributed by atoms with E-state index in [0.717, 1.165) is 0 Å². The molecule has 0 heterocycles. The molecule has 0 spiro atoms. The van der Waals surface area contributed by atoms with Crippen molar-refractivity contribution in [1.29, 1.82) is 0 Å². The number of hydrogen-bond donors (Lipinski definition) is 2. The summed E-state index contributed by atoms with van der Waals surface area (Å²) in [4.78, 5) is 23.4. The van der Waals surface area contributed by atoms with Crippen LogP contribution in [0.2, 0.25) is 0 Å². The summed E-state index contributed by atoms with van der Waals surface area (Å²) in [7, 11) is 0. The fourth-order valence-corrected chi connectivity index (χ4v) is 1.74. The summed E-state index contributed by atoms with van der Waals surface area (Å²) in [6.45, 7) is 1.74. The lowest BCUT2D eigenvalue weighted by molar-refractivity contribution is -0.115. The molecule has 0 saturated carbocycles. The smallest absolute Gasteiger partial charge is 0.255 e. The van der Waals surface area contributed by atoms with Crippen LogP contribution in [0.5, 0.6) is 0 Å². The highest BCUT2D eigenvalue weighted by Crippen LogP contribution is 2.16. The van der Waals surface area contributed by atoms with Gasteiger partial charge in [0.2, 0.25) is 5.91 Å². The van der Waals surface area contributed by atoms with E-state index in [2.05, 4.69) is 10.6 Å². The molecule has 21 heavy (non-hydrogen) atoms. The monoisotopic (exact) mass is 286 g/mol. The Morgan fingerprint density at radius 2 is 1.81 bits per heavy atom. The van der Waals surface area contributed by atoms with Gasteiger partial charge in [-0.1, -0.05) is 25.1 Å². The second-order valence-corrected chi connectivity index (χ2v) is 4.42. The average Bonchev–Trinajstić information content (AvgIpc) is 2.49. The predicted octanol–water partition coefficient (Wildman–Crippen LogP) is 3.43. The molecule has 2 aromatic rings. The van der Waals surface area contributed by atoms with Crippen LogP contribution in [-0.2, 0) is 4.79 Å². The number of nitrogens with one attached hydrogen (secondary N) is 2. The maximum Gasteiger partial charge on any atom is 0.255 e. The molecular weight excluding hydrogens is 271 g/mol. The minimum Gasteiger partial charge on any atom is -0.326 e. The topological polar surface area (TPSA) is 58.2 Å². The highest BCUT2D eigenvalue weighted by Gasteiger charge is 2.10. The van der Waals surface area contributed by atoms with Gasteiger partial charge < -0.3 is 10.6 Å². The number of anilines is 2. The first-order valence-electron chi connectivity index (χ1n) is 6.56. The van der Waals surface area contributed by atoms with Crippen molar-refractivity contribution in [3.8, 4) is 0 Å². The second-order valence-electron chi connectivity index (χ2n) is 4.42. The summed E-state index contributed by atoms with van der Waals surface area (Å²) in [6, 6.07) is 12.4. The van der Waals surface area contributed by atoms with Crippen molar-refractivity contribution in [3.63, 3.8) is 0 Å². The summed E-state index contributed by atoms with van der Waals surface area (Å²) in [6.07, 6.45) is 0.353. The summed E-state index contributed by atoms with van der Waals surface area (Å²) in [5.74, 6) is -1.07. The summed E-state index contributed by atoms with van der Waals surface area (Å²) >= 11 is 0. The summed E-state index contributed by atoms with van der Waals surface area (Å²) in [5, 5.41) is 5.16. The minimum atomic E-state index is -0.499. The predicted molar refractivity (Wildman–Crippen MR) is 79.7 cm³/mol. The van der Waals surface area contributed by atoms with E-state index in [0.29, 0.717) is 17.7 Å². The van der Waals surface area contributed by atoms with Gasteiger partial charge in [-0.05, 0) is 30.3 Å². The number of halogens is 1. The van der Waals surface area contributed by atoms with Crippen molar-refractivity contribution >= 4 is 23.2 Å². The van der Waals surface area contributed by atoms with Crippen LogP contribution in [0, 0.1) is 5.82 Å². The van der Waals surface area contributed by atoms with Gasteiger partial charge in [-0.25, -0.2) is 4.39 Å². The first-order valence-corrected chi connectivity index (χ1v) is 6.56. The Hall–Kier alpha value is -2.69. The highest BCUT2D eigenvalue weighted by molar-refractivity contribution is 6.05. The number of amides is 2. The van der Waals surface area contributed by atoms with Gasteiger partial charge in [-0.3, -0.25) is 9.59 Å². The fourth-order valence-electron chi connectivity index (χ4n) is 1.74. The average molecular weight is 286 g/mol. The Labute approximate surface area is 122 Å². The van der Waals surface area contributed by atoms with Gasteiger partial charge in [0.15, 0.2) is 0 Å². The van der Waals surface area contributed by atoms with Crippen molar-refractivity contribution in [2.24, 2.45) is 0 Å². The quantitative estimate of drug-likeness (QED) is 0.904. The molecule has 0 aromatic heterocycles. The van der Waals surface area contributed by atoms with Crippen LogP contribution in [-0.4, -0.2) is 11.8 Å². The SMILES string of the molecule is CCC(=O)Nc1cccc(C(=O)Nc2ccccc2F)c1. The van der Waals surface area contributed by atoms with Gasteiger partial charge in [-0.2, -0.15) is 0 Å². The molecule has 0 aliphatic rings. The van der Waals surface area contributed by atoms with E-state index in [1.54, 1.807) is 43.3 Å². The van der Waals surface area contributed by atoms with E-state index >= 15 is 0 Å². The van der Waals surface area contributed by atoms with Crippen molar-refractivity contribution in [2.75, 3.05) is 10.6 Å². The molecule has 2 N–H and O–H groups in total. The molecular formula is C16H15FN2O2. The van der Waals surface area contributed by atoms with E-state index in [4.69, 9.17) is 0 Å². The molecule has 0 aliphatic carbocycles. The maximum atomic E-state index is 13.5. The Morgan fingerprint density at radius 1 is 1.05 bits per heavy atom. The number of hydrogen-bond acceptors (Lipinski definition) is 2. The molecule has 2 amide bonds. The largest absolute Gasteiger partial charge is 0.326 e. The van der Waals surface area contributed by atoms with Crippen LogP contribution in [0.4, 0.5) is 15.8 Å². The summed E-state index contributed by atoms with van der Waals surface area (Å²) < 4.78 is 13.5. The first kappa shape index (κ1) is 14.7. The van der Waals surface area contributed by atoms with Crippen LogP contribution in [0.25, 0.3) is 0 Å². The van der Waals surface area contributed by atoms with Crippen molar-refractivity contribution in [3.05, 3.63) is 59.9 Å². The van der Waals surface area contributed by atoms with Crippen molar-refractivity contribution in [2.45, 2.75) is 13.3 Å². The molecule has 4 nitrogen and oxygen atoms in total. The van der Waals surface area contributed by atoms with Gasteiger partial charge in [0.1, 0.15) is 5.82 Å². The maximum absolute atomic E-state index is 13.5. The molecule has 2 aromatic carbocycles. The molecule has 108 valence electrons. The molecule has 0 radical (unpaired) electrons. The third-order valence-corrected chi connectivity index (χ3v) is 2.85. The molecule has 0 saturated heterocycles. The lowest BCUT2D eigenvalue weighted by atomic mass is 10.1. The third-order valence-electron chi connectivity index (χ3n) is 2.85. The Balaban J connectivity index is 2.14. The lowest BCUT2D eigenvalue weighted by Gasteiger charge is -2.08. The standard InChI is InChI=1S/C16H15FN2O2/c1-2-15(20)18-12-7-5-6-11(10-12)16(21)19-14-9-4-3-8-13(14)17/h3-10H,2H2,1H3,(H,18,20)(H,19,21). The molecule has 0 fully saturated rings. The van der Waals surface area contributed by atoms with E-state index in [9.17, 15) is 14.0 Å². The Kier molecular flexibility index (Phi) is 4.66. The van der Waals surface area contributed by atoms with Gasteiger partial charge in [-0.15, -0.1) is 0 Å². The zero-order valence-corrected chi connectivity index (χ0v) is 11.5.